The van der Waals surface area contributed by atoms with E-state index in [1.165, 1.54) is 17.6 Å². The number of aryl methyl sites for hydroxylation is 1. The van der Waals surface area contributed by atoms with Crippen LogP contribution in [0.15, 0.2) is 107 Å². The maximum atomic E-state index is 12.8. The summed E-state index contributed by atoms with van der Waals surface area (Å²) in [6.45, 7) is 2.07. The molecule has 7 nitrogen and oxygen atoms in total. The molecule has 0 aliphatic rings. The Bertz CT molecular complexity index is 1540. The van der Waals surface area contributed by atoms with Crippen LogP contribution < -0.4 is 10.2 Å². The zero-order valence-electron chi connectivity index (χ0n) is 20.8. The van der Waals surface area contributed by atoms with Gasteiger partial charge in [0.05, 0.1) is 11.1 Å². The summed E-state index contributed by atoms with van der Waals surface area (Å²) in [5, 5.41) is 4.66. The molecule has 1 amide bonds. The van der Waals surface area contributed by atoms with Crippen LogP contribution in [0, 0.1) is 6.92 Å². The molecule has 0 saturated heterocycles. The second kappa shape index (κ2) is 12.0. The normalized spacial score (nSPS) is 11.6. The third-order valence-corrected chi connectivity index (χ3v) is 7.71. The summed E-state index contributed by atoms with van der Waals surface area (Å²) in [7, 11) is -2.09. The highest BCUT2D eigenvalue weighted by atomic mass is 35.5. The lowest BCUT2D eigenvalue weighted by atomic mass is 10.1. The maximum absolute atomic E-state index is 12.8. The van der Waals surface area contributed by atoms with Gasteiger partial charge in [0.25, 0.3) is 5.91 Å². The molecule has 0 saturated carbocycles. The quantitative estimate of drug-likeness (QED) is 0.205. The van der Waals surface area contributed by atoms with E-state index in [2.05, 4.69) is 10.5 Å². The molecule has 0 aliphatic carbocycles. The Balaban J connectivity index is 1.33. The van der Waals surface area contributed by atoms with Gasteiger partial charge in [-0.2, -0.15) is 9.41 Å². The zero-order valence-corrected chi connectivity index (χ0v) is 22.4. The first kappa shape index (κ1) is 27.1. The predicted molar refractivity (Wildman–Crippen MR) is 149 cm³/mol. The topological polar surface area (TPSA) is 88.1 Å². The lowest BCUT2D eigenvalue weighted by Crippen LogP contribution is -2.26. The zero-order chi connectivity index (χ0) is 27.1. The summed E-state index contributed by atoms with van der Waals surface area (Å²) in [5.41, 5.74) is 5.38. The third-order valence-electron chi connectivity index (χ3n) is 5.64. The largest absolute Gasteiger partial charge is 0.457 e. The molecule has 0 aromatic heterocycles. The van der Waals surface area contributed by atoms with Crippen molar-refractivity contribution >= 4 is 33.7 Å². The van der Waals surface area contributed by atoms with E-state index in [4.69, 9.17) is 16.3 Å². The minimum Gasteiger partial charge on any atom is -0.457 e. The standard InChI is InChI=1S/C29H26ClN3O4S/c1-21-6-16-28(17-7-21)38(35,36)33(2)20-22-8-10-24(11-9-22)29(34)32-31-19-23-4-3-5-27(18-23)37-26-14-12-25(30)13-15-26/h3-19H,20H2,1-2H3,(H,32,34). The number of carbonyl (C=O) groups excluding carboxylic acids is 1. The fourth-order valence-electron chi connectivity index (χ4n) is 3.52. The second-order valence-corrected chi connectivity index (χ2v) is 11.1. The summed E-state index contributed by atoms with van der Waals surface area (Å²) in [6.07, 6.45) is 1.52. The Labute approximate surface area is 227 Å². The Morgan fingerprint density at radius 3 is 2.32 bits per heavy atom. The molecule has 0 aliphatic heterocycles. The van der Waals surface area contributed by atoms with Crippen molar-refractivity contribution in [1.82, 2.24) is 9.73 Å². The maximum Gasteiger partial charge on any atom is 0.271 e. The van der Waals surface area contributed by atoms with Gasteiger partial charge in [-0.15, -0.1) is 0 Å². The molecule has 38 heavy (non-hydrogen) atoms. The Kier molecular flexibility index (Phi) is 8.58. The van der Waals surface area contributed by atoms with E-state index in [-0.39, 0.29) is 17.3 Å². The Hall–Kier alpha value is -3.98. The van der Waals surface area contributed by atoms with Gasteiger partial charge in [-0.1, -0.05) is 53.6 Å². The first-order valence-electron chi connectivity index (χ1n) is 11.7. The predicted octanol–water partition coefficient (Wildman–Crippen LogP) is 6.03. The van der Waals surface area contributed by atoms with Crippen LogP contribution in [-0.4, -0.2) is 31.9 Å². The Morgan fingerprint density at radius 2 is 1.63 bits per heavy atom. The van der Waals surface area contributed by atoms with Gasteiger partial charge in [0.15, 0.2) is 0 Å². The fourth-order valence-corrected chi connectivity index (χ4v) is 4.81. The summed E-state index contributed by atoms with van der Waals surface area (Å²) >= 11 is 5.90. The number of halogens is 1. The van der Waals surface area contributed by atoms with Crippen LogP contribution >= 0.6 is 11.6 Å². The summed E-state index contributed by atoms with van der Waals surface area (Å²) < 4.78 is 32.7. The average molecular weight is 548 g/mol. The van der Waals surface area contributed by atoms with Gasteiger partial charge in [-0.3, -0.25) is 4.79 Å². The molecular formula is C29H26ClN3O4S. The molecule has 4 aromatic rings. The van der Waals surface area contributed by atoms with Crippen molar-refractivity contribution in [3.8, 4) is 11.5 Å². The number of amides is 1. The average Bonchev–Trinajstić information content (AvgIpc) is 2.91. The number of nitrogens with one attached hydrogen (secondary N) is 1. The number of nitrogens with zero attached hydrogens (tertiary/aromatic N) is 2. The van der Waals surface area contributed by atoms with E-state index in [1.807, 2.05) is 25.1 Å². The Morgan fingerprint density at radius 1 is 0.947 bits per heavy atom. The first-order chi connectivity index (χ1) is 18.2. The summed E-state index contributed by atoms with van der Waals surface area (Å²) in [6, 6.07) is 27.7. The van der Waals surface area contributed by atoms with E-state index in [9.17, 15) is 13.2 Å². The monoisotopic (exact) mass is 547 g/mol. The highest BCUT2D eigenvalue weighted by Gasteiger charge is 2.20. The van der Waals surface area contributed by atoms with Gasteiger partial charge in [0, 0.05) is 24.2 Å². The minimum atomic E-state index is -3.62. The van der Waals surface area contributed by atoms with Crippen LogP contribution in [0.4, 0.5) is 0 Å². The van der Waals surface area contributed by atoms with Gasteiger partial charge in [-0.25, -0.2) is 13.8 Å². The molecule has 1 N–H and O–H groups in total. The number of ether oxygens (including phenoxy) is 1. The van der Waals surface area contributed by atoms with Gasteiger partial charge >= 0.3 is 0 Å². The molecule has 194 valence electrons. The van der Waals surface area contributed by atoms with Gasteiger partial charge < -0.3 is 4.74 Å². The minimum absolute atomic E-state index is 0.171. The van der Waals surface area contributed by atoms with Crippen molar-refractivity contribution in [2.45, 2.75) is 18.4 Å². The highest BCUT2D eigenvalue weighted by molar-refractivity contribution is 7.89. The summed E-state index contributed by atoms with van der Waals surface area (Å²) in [5.74, 6) is 0.883. The van der Waals surface area contributed by atoms with Crippen molar-refractivity contribution in [1.29, 1.82) is 0 Å². The van der Waals surface area contributed by atoms with E-state index >= 15 is 0 Å². The van der Waals surface area contributed by atoms with Crippen molar-refractivity contribution < 1.29 is 17.9 Å². The third kappa shape index (κ3) is 7.07. The van der Waals surface area contributed by atoms with Crippen LogP contribution in [0.25, 0.3) is 0 Å². The molecule has 4 aromatic carbocycles. The molecular weight excluding hydrogens is 522 g/mol. The molecule has 9 heteroatoms. The molecule has 0 atom stereocenters. The number of rotatable bonds is 9. The molecule has 0 unspecified atom stereocenters. The SMILES string of the molecule is Cc1ccc(S(=O)(=O)N(C)Cc2ccc(C(=O)NN=Cc3cccc(Oc4ccc(Cl)cc4)c3)cc2)cc1. The highest BCUT2D eigenvalue weighted by Crippen LogP contribution is 2.23. The summed E-state index contributed by atoms with van der Waals surface area (Å²) in [4.78, 5) is 12.7. The van der Waals surface area contributed by atoms with E-state index in [0.29, 0.717) is 22.1 Å². The smallest absolute Gasteiger partial charge is 0.271 e. The van der Waals surface area contributed by atoms with Crippen LogP contribution in [-0.2, 0) is 16.6 Å². The lowest BCUT2D eigenvalue weighted by Gasteiger charge is -2.17. The van der Waals surface area contributed by atoms with E-state index < -0.39 is 10.0 Å². The molecule has 0 bridgehead atoms. The molecule has 0 fully saturated rings. The number of sulfonamides is 1. The van der Waals surface area contributed by atoms with E-state index in [0.717, 1.165) is 16.7 Å². The first-order valence-corrected chi connectivity index (χ1v) is 13.5. The van der Waals surface area contributed by atoms with Gasteiger partial charge in [-0.05, 0) is 78.7 Å². The van der Waals surface area contributed by atoms with Crippen molar-refractivity contribution in [3.63, 3.8) is 0 Å². The van der Waals surface area contributed by atoms with Crippen LogP contribution in [0.5, 0.6) is 11.5 Å². The van der Waals surface area contributed by atoms with E-state index in [1.54, 1.807) is 78.9 Å². The number of hydrogen-bond acceptors (Lipinski definition) is 5. The van der Waals surface area contributed by atoms with Crippen LogP contribution in [0.2, 0.25) is 5.02 Å². The fraction of sp³-hybridized carbons (Fsp3) is 0.103. The van der Waals surface area contributed by atoms with Crippen molar-refractivity contribution in [3.05, 3.63) is 124 Å². The second-order valence-electron chi connectivity index (χ2n) is 8.60. The molecule has 0 radical (unpaired) electrons. The number of hydrogen-bond donors (Lipinski definition) is 1. The van der Waals surface area contributed by atoms with Crippen LogP contribution in [0.1, 0.15) is 27.0 Å². The van der Waals surface area contributed by atoms with Crippen LogP contribution in [0.3, 0.4) is 0 Å². The number of carbonyl (C=O) groups is 1. The number of hydrazone groups is 1. The number of benzene rings is 4. The van der Waals surface area contributed by atoms with Crippen molar-refractivity contribution in [2.75, 3.05) is 7.05 Å². The molecule has 0 spiro atoms. The van der Waals surface area contributed by atoms with Crippen molar-refractivity contribution in [2.24, 2.45) is 5.10 Å². The van der Waals surface area contributed by atoms with Gasteiger partial charge in [0.1, 0.15) is 11.5 Å². The lowest BCUT2D eigenvalue weighted by molar-refractivity contribution is 0.0955. The molecule has 4 rings (SSSR count). The molecule has 0 heterocycles. The van der Waals surface area contributed by atoms with Gasteiger partial charge in [0.2, 0.25) is 10.0 Å².